The Bertz CT molecular complexity index is 2160. The molecule has 0 atom stereocenters. The molecule has 0 amide bonds. The molecule has 0 aliphatic heterocycles. The van der Waals surface area contributed by atoms with E-state index in [1.54, 1.807) is 6.20 Å². The molecular weight excluding hydrogens is 488 g/mol. The fourth-order valence-electron chi connectivity index (χ4n) is 5.82. The van der Waals surface area contributed by atoms with Crippen LogP contribution in [0.15, 0.2) is 150 Å². The van der Waals surface area contributed by atoms with Gasteiger partial charge in [0.1, 0.15) is 5.58 Å². The fraction of sp³-hybridized carbons (Fsp3) is 0. The second-order valence-electron chi connectivity index (χ2n) is 10.0. The number of hydrogen-bond acceptors (Lipinski definition) is 3. The number of anilines is 3. The van der Waals surface area contributed by atoms with Gasteiger partial charge in [0.15, 0.2) is 0 Å². The number of furan rings is 1. The minimum Gasteiger partial charge on any atom is -0.438 e. The van der Waals surface area contributed by atoms with Gasteiger partial charge in [-0.1, -0.05) is 91.0 Å². The van der Waals surface area contributed by atoms with E-state index in [-0.39, 0.29) is 0 Å². The number of benzene rings is 6. The summed E-state index contributed by atoms with van der Waals surface area (Å²) in [6, 6.07) is 49.3. The lowest BCUT2D eigenvalue weighted by Crippen LogP contribution is -2.10. The minimum absolute atomic E-state index is 0.657. The highest BCUT2D eigenvalue weighted by atomic mass is 16.3. The van der Waals surface area contributed by atoms with Crippen LogP contribution in [-0.2, 0) is 0 Å². The molecule has 8 aromatic rings. The van der Waals surface area contributed by atoms with Crippen LogP contribution in [0.2, 0.25) is 0 Å². The Hall–Kier alpha value is -5.41. The molecule has 6 aromatic carbocycles. The number of nitrogens with zero attached hydrogens (tertiary/aromatic N) is 2. The zero-order chi connectivity index (χ0) is 26.5. The van der Waals surface area contributed by atoms with Gasteiger partial charge in [0.2, 0.25) is 5.71 Å². The lowest BCUT2D eigenvalue weighted by Gasteiger charge is -2.27. The molecule has 2 heterocycles. The van der Waals surface area contributed by atoms with Gasteiger partial charge in [0.25, 0.3) is 0 Å². The Morgan fingerprint density at radius 2 is 1.15 bits per heavy atom. The van der Waals surface area contributed by atoms with Crippen molar-refractivity contribution in [3.8, 4) is 11.1 Å². The predicted octanol–water partition coefficient (Wildman–Crippen LogP) is 10.4. The summed E-state index contributed by atoms with van der Waals surface area (Å²) in [7, 11) is 0. The first-order valence-corrected chi connectivity index (χ1v) is 13.5. The van der Waals surface area contributed by atoms with E-state index in [9.17, 15) is 0 Å². The van der Waals surface area contributed by atoms with Crippen LogP contribution in [0, 0.1) is 0 Å². The van der Waals surface area contributed by atoms with Crippen LogP contribution in [-0.4, -0.2) is 4.98 Å². The van der Waals surface area contributed by atoms with Gasteiger partial charge in [-0.15, -0.1) is 0 Å². The van der Waals surface area contributed by atoms with Crippen molar-refractivity contribution >= 4 is 60.7 Å². The molecule has 188 valence electrons. The molecule has 8 rings (SSSR count). The Kier molecular flexibility index (Phi) is 5.14. The molecule has 2 aromatic heterocycles. The van der Waals surface area contributed by atoms with Gasteiger partial charge in [0, 0.05) is 39.8 Å². The van der Waals surface area contributed by atoms with Crippen molar-refractivity contribution in [3.63, 3.8) is 0 Å². The molecule has 0 unspecified atom stereocenters. The van der Waals surface area contributed by atoms with Crippen LogP contribution >= 0.6 is 0 Å². The van der Waals surface area contributed by atoms with Crippen LogP contribution in [0.25, 0.3) is 54.7 Å². The summed E-state index contributed by atoms with van der Waals surface area (Å²) >= 11 is 0. The summed E-state index contributed by atoms with van der Waals surface area (Å²) in [5.74, 6) is 0. The van der Waals surface area contributed by atoms with Gasteiger partial charge in [-0.05, 0) is 69.8 Å². The quantitative estimate of drug-likeness (QED) is 0.220. The summed E-state index contributed by atoms with van der Waals surface area (Å²) in [6.07, 6.45) is 1.77. The van der Waals surface area contributed by atoms with Crippen LogP contribution < -0.4 is 4.90 Å². The Labute approximate surface area is 231 Å². The molecule has 0 bridgehead atoms. The summed E-state index contributed by atoms with van der Waals surface area (Å²) in [5.41, 5.74) is 7.09. The summed E-state index contributed by atoms with van der Waals surface area (Å²) in [4.78, 5) is 6.78. The molecule has 0 N–H and O–H groups in total. The van der Waals surface area contributed by atoms with E-state index in [1.807, 2.05) is 12.1 Å². The van der Waals surface area contributed by atoms with Crippen molar-refractivity contribution in [3.05, 3.63) is 146 Å². The van der Waals surface area contributed by atoms with E-state index in [4.69, 9.17) is 4.42 Å². The van der Waals surface area contributed by atoms with Crippen molar-refractivity contribution in [2.75, 3.05) is 4.90 Å². The van der Waals surface area contributed by atoms with Gasteiger partial charge < -0.3 is 9.32 Å². The number of pyridine rings is 1. The van der Waals surface area contributed by atoms with E-state index in [1.165, 1.54) is 32.7 Å². The number of fused-ring (bicyclic) bond motifs is 6. The van der Waals surface area contributed by atoms with Crippen LogP contribution in [0.1, 0.15) is 0 Å². The first-order chi connectivity index (χ1) is 19.8. The van der Waals surface area contributed by atoms with Crippen molar-refractivity contribution < 1.29 is 4.42 Å². The lowest BCUT2D eigenvalue weighted by molar-refractivity contribution is 0.654. The van der Waals surface area contributed by atoms with Crippen molar-refractivity contribution in [2.24, 2.45) is 0 Å². The zero-order valence-corrected chi connectivity index (χ0v) is 21.7. The van der Waals surface area contributed by atoms with E-state index < -0.39 is 0 Å². The monoisotopic (exact) mass is 512 g/mol. The standard InChI is InChI=1S/C37H24N2O/c1-2-9-25(10-3-1)26-16-18-28(19-17-26)39(29-20-21-33-34-15-8-22-38-37(34)40-36(33)24-29)35-23-27-11-4-5-12-30(27)31-13-6-7-14-32(31)35/h1-24H. The first kappa shape index (κ1) is 22.6. The van der Waals surface area contributed by atoms with E-state index >= 15 is 0 Å². The maximum Gasteiger partial charge on any atom is 0.227 e. The van der Waals surface area contributed by atoms with Gasteiger partial charge in [0.05, 0.1) is 5.69 Å². The molecular formula is C37H24N2O. The third-order valence-corrected chi connectivity index (χ3v) is 7.71. The Morgan fingerprint density at radius 3 is 2.00 bits per heavy atom. The molecule has 3 nitrogen and oxygen atoms in total. The average molecular weight is 513 g/mol. The minimum atomic E-state index is 0.657. The average Bonchev–Trinajstić information content (AvgIpc) is 3.40. The first-order valence-electron chi connectivity index (χ1n) is 13.5. The van der Waals surface area contributed by atoms with Crippen LogP contribution in [0.5, 0.6) is 0 Å². The molecule has 0 saturated carbocycles. The number of rotatable bonds is 4. The van der Waals surface area contributed by atoms with E-state index in [0.29, 0.717) is 5.71 Å². The lowest BCUT2D eigenvalue weighted by atomic mass is 9.98. The molecule has 0 radical (unpaired) electrons. The van der Waals surface area contributed by atoms with Gasteiger partial charge in [-0.25, -0.2) is 4.98 Å². The maximum absolute atomic E-state index is 6.21. The molecule has 0 spiro atoms. The van der Waals surface area contributed by atoms with Crippen LogP contribution in [0.4, 0.5) is 17.1 Å². The van der Waals surface area contributed by atoms with Gasteiger partial charge >= 0.3 is 0 Å². The molecule has 0 fully saturated rings. The SMILES string of the molecule is c1ccc(-c2ccc(N(c3ccc4c(c3)oc3ncccc34)c3cc4ccccc4c4ccccc34)cc2)cc1. The summed E-state index contributed by atoms with van der Waals surface area (Å²) in [5, 5.41) is 6.97. The Balaban J connectivity index is 1.38. The molecule has 0 saturated heterocycles. The molecule has 3 heteroatoms. The highest BCUT2D eigenvalue weighted by molar-refractivity contribution is 6.15. The maximum atomic E-state index is 6.21. The third kappa shape index (κ3) is 3.63. The summed E-state index contributed by atoms with van der Waals surface area (Å²) < 4.78 is 6.21. The van der Waals surface area contributed by atoms with Gasteiger partial charge in [-0.2, -0.15) is 0 Å². The fourth-order valence-corrected chi connectivity index (χ4v) is 5.82. The molecule has 0 aliphatic rings. The number of hydrogen-bond donors (Lipinski definition) is 0. The largest absolute Gasteiger partial charge is 0.438 e. The normalized spacial score (nSPS) is 11.5. The van der Waals surface area contributed by atoms with E-state index in [2.05, 4.69) is 137 Å². The van der Waals surface area contributed by atoms with Crippen molar-refractivity contribution in [2.45, 2.75) is 0 Å². The third-order valence-electron chi connectivity index (χ3n) is 7.71. The van der Waals surface area contributed by atoms with Gasteiger partial charge in [-0.3, -0.25) is 0 Å². The highest BCUT2D eigenvalue weighted by Crippen LogP contribution is 2.43. The molecule has 40 heavy (non-hydrogen) atoms. The smallest absolute Gasteiger partial charge is 0.227 e. The van der Waals surface area contributed by atoms with Crippen molar-refractivity contribution in [1.82, 2.24) is 4.98 Å². The predicted molar refractivity (Wildman–Crippen MR) is 167 cm³/mol. The zero-order valence-electron chi connectivity index (χ0n) is 21.7. The van der Waals surface area contributed by atoms with Crippen molar-refractivity contribution in [1.29, 1.82) is 0 Å². The topological polar surface area (TPSA) is 29.3 Å². The number of aromatic nitrogens is 1. The second-order valence-corrected chi connectivity index (χ2v) is 10.0. The van der Waals surface area contributed by atoms with E-state index in [0.717, 1.165) is 33.4 Å². The van der Waals surface area contributed by atoms with Crippen LogP contribution in [0.3, 0.4) is 0 Å². The summed E-state index contributed by atoms with van der Waals surface area (Å²) in [6.45, 7) is 0. The Morgan fingerprint density at radius 1 is 0.475 bits per heavy atom. The second kappa shape index (κ2) is 9.11. The molecule has 0 aliphatic carbocycles. The highest BCUT2D eigenvalue weighted by Gasteiger charge is 2.19.